The first-order chi connectivity index (χ1) is 11.6. The molecule has 146 valence electrons. The number of hydrogen-bond donors (Lipinski definition) is 1. The fourth-order valence-electron chi connectivity index (χ4n) is 5.15. The van der Waals surface area contributed by atoms with Gasteiger partial charge in [-0.2, -0.15) is 0 Å². The normalized spacial score (nSPS) is 29.0. The lowest BCUT2D eigenvalue weighted by Gasteiger charge is -2.30. The summed E-state index contributed by atoms with van der Waals surface area (Å²) in [5, 5.41) is 3.36. The van der Waals surface area contributed by atoms with E-state index in [1.807, 2.05) is 0 Å². The topological polar surface area (TPSA) is 35.6 Å². The van der Waals surface area contributed by atoms with Gasteiger partial charge in [-0.25, -0.2) is 0 Å². The second-order valence-electron chi connectivity index (χ2n) is 7.93. The van der Waals surface area contributed by atoms with E-state index in [0.717, 1.165) is 45.6 Å². The highest BCUT2D eigenvalue weighted by atomic mass is 35.5. The second kappa shape index (κ2) is 8.92. The van der Waals surface area contributed by atoms with Gasteiger partial charge in [0.25, 0.3) is 0 Å². The summed E-state index contributed by atoms with van der Waals surface area (Å²) in [6.07, 6.45) is 2.01. The van der Waals surface area contributed by atoms with Crippen molar-refractivity contribution in [1.82, 2.24) is 15.1 Å². The molecule has 6 heteroatoms. The maximum absolute atomic E-state index is 12.9. The Balaban J connectivity index is 0.00000121. The Morgan fingerprint density at radius 3 is 2.46 bits per heavy atom. The van der Waals surface area contributed by atoms with Crippen molar-refractivity contribution in [2.24, 2.45) is 17.8 Å². The number of amides is 1. The highest BCUT2D eigenvalue weighted by molar-refractivity contribution is 5.85. The molecular formula is C20H31Cl2N3O. The predicted octanol–water partition coefficient (Wildman–Crippen LogP) is 2.90. The third-order valence-corrected chi connectivity index (χ3v) is 6.40. The van der Waals surface area contributed by atoms with Gasteiger partial charge in [0.2, 0.25) is 5.91 Å². The van der Waals surface area contributed by atoms with Crippen LogP contribution in [0.2, 0.25) is 0 Å². The van der Waals surface area contributed by atoms with Crippen molar-refractivity contribution >= 4 is 30.7 Å². The molecule has 3 atom stereocenters. The summed E-state index contributed by atoms with van der Waals surface area (Å²) in [7, 11) is 2.24. The average Bonchev–Trinajstić information content (AvgIpc) is 3.12. The summed E-state index contributed by atoms with van der Waals surface area (Å²) in [6, 6.07) is 9.21. The summed E-state index contributed by atoms with van der Waals surface area (Å²) in [5.41, 5.74) is 2.82. The summed E-state index contributed by atoms with van der Waals surface area (Å²) in [5.74, 6) is 1.88. The van der Waals surface area contributed by atoms with E-state index in [0.29, 0.717) is 23.8 Å². The van der Waals surface area contributed by atoms with Gasteiger partial charge < -0.3 is 10.2 Å². The minimum absolute atomic E-state index is 0. The van der Waals surface area contributed by atoms with Crippen LogP contribution in [-0.2, 0) is 4.79 Å². The number of nitrogens with one attached hydrogen (secondary N) is 1. The molecule has 3 aliphatic rings. The fourth-order valence-corrected chi connectivity index (χ4v) is 5.15. The maximum Gasteiger partial charge on any atom is 0.225 e. The molecule has 0 aromatic heterocycles. The van der Waals surface area contributed by atoms with Crippen LogP contribution in [0.1, 0.15) is 30.0 Å². The van der Waals surface area contributed by atoms with Crippen molar-refractivity contribution in [3.63, 3.8) is 0 Å². The average molecular weight is 400 g/mol. The third kappa shape index (κ3) is 3.89. The molecule has 0 bridgehead atoms. The van der Waals surface area contributed by atoms with Crippen molar-refractivity contribution in [3.05, 3.63) is 35.4 Å². The van der Waals surface area contributed by atoms with Gasteiger partial charge in [0.15, 0.2) is 0 Å². The molecule has 1 N–H and O–H groups in total. The van der Waals surface area contributed by atoms with Gasteiger partial charge in [-0.15, -0.1) is 24.8 Å². The van der Waals surface area contributed by atoms with Gasteiger partial charge in [-0.05, 0) is 56.9 Å². The van der Waals surface area contributed by atoms with Crippen molar-refractivity contribution in [2.75, 3.05) is 39.8 Å². The predicted molar refractivity (Wildman–Crippen MR) is 110 cm³/mol. The van der Waals surface area contributed by atoms with Gasteiger partial charge in [0, 0.05) is 37.5 Å². The molecule has 4 nitrogen and oxygen atoms in total. The SMILES string of the molecule is Cc1ccccc1[C@H]1[C@@H]2CN(C(=O)C3CCNCC3)C[C@@H]2CN1C.Cl.Cl. The Kier molecular flexibility index (Phi) is 7.37. The molecule has 1 amide bonds. The van der Waals surface area contributed by atoms with Crippen LogP contribution in [0, 0.1) is 24.7 Å². The Morgan fingerprint density at radius 1 is 1.08 bits per heavy atom. The summed E-state index contributed by atoms with van der Waals surface area (Å²) in [4.78, 5) is 17.6. The van der Waals surface area contributed by atoms with Gasteiger partial charge in [0.05, 0.1) is 0 Å². The molecule has 0 saturated carbocycles. The number of carbonyl (C=O) groups excluding carboxylic acids is 1. The molecular weight excluding hydrogens is 369 g/mol. The zero-order valence-electron chi connectivity index (χ0n) is 15.7. The third-order valence-electron chi connectivity index (χ3n) is 6.40. The van der Waals surface area contributed by atoms with Gasteiger partial charge in [-0.1, -0.05) is 24.3 Å². The molecule has 1 aromatic carbocycles. The van der Waals surface area contributed by atoms with Gasteiger partial charge in [-0.3, -0.25) is 9.69 Å². The number of piperidine rings is 1. The Bertz CT molecular complexity index is 621. The number of fused-ring (bicyclic) bond motifs is 1. The zero-order valence-corrected chi connectivity index (χ0v) is 17.3. The molecule has 0 unspecified atom stereocenters. The molecule has 1 aromatic rings. The molecule has 3 aliphatic heterocycles. The van der Waals surface area contributed by atoms with Crippen LogP contribution in [0.15, 0.2) is 24.3 Å². The Hall–Kier alpha value is -0.810. The molecule has 3 fully saturated rings. The Labute approximate surface area is 169 Å². The first-order valence-electron chi connectivity index (χ1n) is 9.40. The Morgan fingerprint density at radius 2 is 1.77 bits per heavy atom. The van der Waals surface area contributed by atoms with Crippen LogP contribution < -0.4 is 5.32 Å². The first-order valence-corrected chi connectivity index (χ1v) is 9.40. The van der Waals surface area contributed by atoms with Crippen molar-refractivity contribution in [1.29, 1.82) is 0 Å². The number of likely N-dealkylation sites (tertiary alicyclic amines) is 2. The van der Waals surface area contributed by atoms with Crippen LogP contribution in [0.3, 0.4) is 0 Å². The lowest BCUT2D eigenvalue weighted by Crippen LogP contribution is -2.41. The van der Waals surface area contributed by atoms with E-state index < -0.39 is 0 Å². The number of nitrogens with zero attached hydrogens (tertiary/aromatic N) is 2. The maximum atomic E-state index is 12.9. The number of halogens is 2. The molecule has 0 radical (unpaired) electrons. The number of benzene rings is 1. The molecule has 4 rings (SSSR count). The van der Waals surface area contributed by atoms with Gasteiger partial charge in [0.1, 0.15) is 0 Å². The van der Waals surface area contributed by atoms with E-state index in [1.54, 1.807) is 0 Å². The van der Waals surface area contributed by atoms with E-state index >= 15 is 0 Å². The monoisotopic (exact) mass is 399 g/mol. The summed E-state index contributed by atoms with van der Waals surface area (Å²) < 4.78 is 0. The summed E-state index contributed by atoms with van der Waals surface area (Å²) in [6.45, 7) is 7.21. The number of aryl methyl sites for hydroxylation is 1. The van der Waals surface area contributed by atoms with E-state index in [4.69, 9.17) is 0 Å². The molecule has 0 spiro atoms. The van der Waals surface area contributed by atoms with E-state index in [-0.39, 0.29) is 30.7 Å². The van der Waals surface area contributed by atoms with Gasteiger partial charge >= 0.3 is 0 Å². The number of rotatable bonds is 2. The highest BCUT2D eigenvalue weighted by Crippen LogP contribution is 2.45. The molecule has 3 heterocycles. The summed E-state index contributed by atoms with van der Waals surface area (Å²) >= 11 is 0. The first kappa shape index (κ1) is 21.5. The van der Waals surface area contributed by atoms with Crippen molar-refractivity contribution in [2.45, 2.75) is 25.8 Å². The lowest BCUT2D eigenvalue weighted by atomic mass is 9.88. The molecule has 3 saturated heterocycles. The van der Waals surface area contributed by atoms with Crippen LogP contribution in [0.25, 0.3) is 0 Å². The van der Waals surface area contributed by atoms with Crippen LogP contribution in [-0.4, -0.2) is 55.5 Å². The number of hydrogen-bond acceptors (Lipinski definition) is 3. The van der Waals surface area contributed by atoms with E-state index in [1.165, 1.54) is 11.1 Å². The minimum atomic E-state index is 0. The van der Waals surface area contributed by atoms with Crippen LogP contribution >= 0.6 is 24.8 Å². The van der Waals surface area contributed by atoms with E-state index in [9.17, 15) is 4.79 Å². The standard InChI is InChI=1S/C20H29N3O.2ClH/c1-14-5-3-4-6-17(14)19-18-13-23(12-16(18)11-22(19)2)20(24)15-7-9-21-10-8-15;;/h3-6,15-16,18-19,21H,7-13H2,1-2H3;2*1H/t16-,18+,19-;;/m0../s1. The van der Waals surface area contributed by atoms with Crippen LogP contribution in [0.4, 0.5) is 0 Å². The van der Waals surface area contributed by atoms with Crippen molar-refractivity contribution in [3.8, 4) is 0 Å². The van der Waals surface area contributed by atoms with Crippen LogP contribution in [0.5, 0.6) is 0 Å². The van der Waals surface area contributed by atoms with Crippen molar-refractivity contribution < 1.29 is 4.79 Å². The minimum Gasteiger partial charge on any atom is -0.342 e. The second-order valence-corrected chi connectivity index (χ2v) is 7.93. The zero-order chi connectivity index (χ0) is 16.7. The van der Waals surface area contributed by atoms with E-state index in [2.05, 4.69) is 53.4 Å². The fraction of sp³-hybridized carbons (Fsp3) is 0.650. The number of carbonyl (C=O) groups is 1. The largest absolute Gasteiger partial charge is 0.342 e. The highest BCUT2D eigenvalue weighted by Gasteiger charge is 2.48. The smallest absolute Gasteiger partial charge is 0.225 e. The molecule has 0 aliphatic carbocycles. The quantitative estimate of drug-likeness (QED) is 0.829. The lowest BCUT2D eigenvalue weighted by molar-refractivity contribution is -0.135. The molecule has 26 heavy (non-hydrogen) atoms.